The van der Waals surface area contributed by atoms with E-state index in [1.165, 1.54) is 30.0 Å². The van der Waals surface area contributed by atoms with Crippen molar-refractivity contribution in [3.63, 3.8) is 0 Å². The zero-order valence-corrected chi connectivity index (χ0v) is 8.31. The van der Waals surface area contributed by atoms with Gasteiger partial charge in [-0.15, -0.1) is 11.8 Å². The molecule has 2 rings (SSSR count). The Balaban J connectivity index is 2.01. The maximum Gasteiger partial charge on any atom is 0.0381 e. The molecule has 13 heavy (non-hydrogen) atoms. The number of para-hydroxylation sites is 1. The van der Waals surface area contributed by atoms with E-state index in [2.05, 4.69) is 35.0 Å². The summed E-state index contributed by atoms with van der Waals surface area (Å²) in [6.07, 6.45) is 2.47. The summed E-state index contributed by atoms with van der Waals surface area (Å²) >= 11 is 1.90. The molecule has 68 valence electrons. The van der Waals surface area contributed by atoms with Crippen molar-refractivity contribution in [1.29, 1.82) is 0 Å². The van der Waals surface area contributed by atoms with Crippen LogP contribution >= 0.6 is 11.8 Å². The van der Waals surface area contributed by atoms with Crippen molar-refractivity contribution in [2.45, 2.75) is 12.8 Å². The molecule has 0 fully saturated rings. The molecule has 0 atom stereocenters. The number of allylic oxidation sites excluding steroid dienone is 1. The highest BCUT2D eigenvalue weighted by molar-refractivity contribution is 8.02. The van der Waals surface area contributed by atoms with Crippen LogP contribution < -0.4 is 5.32 Å². The highest BCUT2D eigenvalue weighted by Gasteiger charge is 2.02. The topological polar surface area (TPSA) is 12.0 Å². The van der Waals surface area contributed by atoms with Crippen molar-refractivity contribution in [2.24, 2.45) is 0 Å². The smallest absolute Gasteiger partial charge is 0.0381 e. The van der Waals surface area contributed by atoms with Crippen molar-refractivity contribution in [2.75, 3.05) is 11.1 Å². The van der Waals surface area contributed by atoms with Gasteiger partial charge in [0.2, 0.25) is 0 Å². The summed E-state index contributed by atoms with van der Waals surface area (Å²) in [5, 5.41) is 5.65. The minimum atomic E-state index is 1.18. The van der Waals surface area contributed by atoms with E-state index in [0.717, 1.165) is 0 Å². The van der Waals surface area contributed by atoms with E-state index in [1.54, 1.807) is 0 Å². The zero-order valence-electron chi connectivity index (χ0n) is 7.49. The number of rotatable bonds is 2. The summed E-state index contributed by atoms with van der Waals surface area (Å²) < 4.78 is 0. The second-order valence-electron chi connectivity index (χ2n) is 3.11. The van der Waals surface area contributed by atoms with E-state index >= 15 is 0 Å². The van der Waals surface area contributed by atoms with Crippen LogP contribution in [0.1, 0.15) is 12.8 Å². The van der Waals surface area contributed by atoms with Crippen LogP contribution in [0.3, 0.4) is 0 Å². The predicted molar refractivity (Wildman–Crippen MR) is 59.8 cm³/mol. The third kappa shape index (κ3) is 2.52. The molecule has 0 radical (unpaired) electrons. The highest BCUT2D eigenvalue weighted by Crippen LogP contribution is 2.22. The van der Waals surface area contributed by atoms with E-state index in [0.29, 0.717) is 0 Å². The summed E-state index contributed by atoms with van der Waals surface area (Å²) in [6.45, 7) is 0. The fourth-order valence-corrected chi connectivity index (χ4v) is 2.17. The fraction of sp³-hybridized carbons (Fsp3) is 0.273. The number of hydrogen-bond donors (Lipinski definition) is 1. The molecule has 1 aliphatic heterocycles. The SMILES string of the molecule is C1=C(Nc2ccccc2)CCCS1. The van der Waals surface area contributed by atoms with Crippen LogP contribution in [0.2, 0.25) is 0 Å². The molecule has 1 nitrogen and oxygen atoms in total. The third-order valence-corrected chi connectivity index (χ3v) is 2.99. The molecule has 0 spiro atoms. The molecule has 0 unspecified atom stereocenters. The van der Waals surface area contributed by atoms with Crippen LogP contribution in [0.4, 0.5) is 5.69 Å². The third-order valence-electron chi connectivity index (χ3n) is 2.01. The first-order valence-corrected chi connectivity index (χ1v) is 5.63. The Morgan fingerprint density at radius 3 is 2.69 bits per heavy atom. The lowest BCUT2D eigenvalue weighted by Gasteiger charge is -2.14. The Morgan fingerprint density at radius 2 is 2.00 bits per heavy atom. The van der Waals surface area contributed by atoms with Crippen LogP contribution in [-0.4, -0.2) is 5.75 Å². The fourth-order valence-electron chi connectivity index (χ4n) is 1.36. The molecule has 0 bridgehead atoms. The second kappa shape index (κ2) is 4.38. The number of nitrogens with one attached hydrogen (secondary N) is 1. The summed E-state index contributed by atoms with van der Waals surface area (Å²) in [4.78, 5) is 0. The van der Waals surface area contributed by atoms with Crippen LogP contribution in [0.5, 0.6) is 0 Å². The van der Waals surface area contributed by atoms with Crippen LogP contribution in [0.15, 0.2) is 41.4 Å². The van der Waals surface area contributed by atoms with Gasteiger partial charge < -0.3 is 5.32 Å². The lowest BCUT2D eigenvalue weighted by atomic mass is 10.2. The monoisotopic (exact) mass is 191 g/mol. The Bertz CT molecular complexity index is 292. The van der Waals surface area contributed by atoms with Crippen LogP contribution in [0, 0.1) is 0 Å². The predicted octanol–water partition coefficient (Wildman–Crippen LogP) is 3.47. The molecule has 2 heteroatoms. The standard InChI is InChI=1S/C11H13NS/c1-2-5-10(6-3-1)12-11-7-4-8-13-9-11/h1-3,5-6,9,12H,4,7-8H2. The number of anilines is 1. The van der Waals surface area contributed by atoms with Crippen LogP contribution in [-0.2, 0) is 0 Å². The van der Waals surface area contributed by atoms with Gasteiger partial charge in [0, 0.05) is 11.4 Å². The van der Waals surface area contributed by atoms with E-state index in [4.69, 9.17) is 0 Å². The Morgan fingerprint density at radius 1 is 1.15 bits per heavy atom. The quantitative estimate of drug-likeness (QED) is 0.768. The van der Waals surface area contributed by atoms with Crippen LogP contribution in [0.25, 0.3) is 0 Å². The van der Waals surface area contributed by atoms with Gasteiger partial charge in [0.05, 0.1) is 0 Å². The first-order valence-electron chi connectivity index (χ1n) is 4.58. The van der Waals surface area contributed by atoms with Gasteiger partial charge in [0.15, 0.2) is 0 Å². The van der Waals surface area contributed by atoms with Gasteiger partial charge in [-0.1, -0.05) is 18.2 Å². The molecular weight excluding hydrogens is 178 g/mol. The number of hydrogen-bond acceptors (Lipinski definition) is 2. The Labute approximate surface area is 83.2 Å². The second-order valence-corrected chi connectivity index (χ2v) is 4.09. The average Bonchev–Trinajstić information content (AvgIpc) is 2.21. The van der Waals surface area contributed by atoms with Crippen molar-refractivity contribution in [1.82, 2.24) is 0 Å². The van der Waals surface area contributed by atoms with E-state index in [-0.39, 0.29) is 0 Å². The van der Waals surface area contributed by atoms with Crippen molar-refractivity contribution in [3.05, 3.63) is 41.4 Å². The first kappa shape index (κ1) is 8.70. The van der Waals surface area contributed by atoms with E-state index < -0.39 is 0 Å². The van der Waals surface area contributed by atoms with Gasteiger partial charge in [-0.3, -0.25) is 0 Å². The summed E-state index contributed by atoms with van der Waals surface area (Å²) in [6, 6.07) is 10.3. The number of benzene rings is 1. The van der Waals surface area contributed by atoms with Gasteiger partial charge >= 0.3 is 0 Å². The maximum absolute atomic E-state index is 3.42. The molecular formula is C11H13NS. The van der Waals surface area contributed by atoms with Crippen molar-refractivity contribution in [3.8, 4) is 0 Å². The molecule has 0 aromatic heterocycles. The summed E-state index contributed by atoms with van der Waals surface area (Å²) in [5.74, 6) is 1.26. The van der Waals surface area contributed by atoms with Gasteiger partial charge in [-0.05, 0) is 36.1 Å². The lowest BCUT2D eigenvalue weighted by molar-refractivity contribution is 0.914. The lowest BCUT2D eigenvalue weighted by Crippen LogP contribution is -2.02. The van der Waals surface area contributed by atoms with Crippen molar-refractivity contribution < 1.29 is 0 Å². The zero-order chi connectivity index (χ0) is 8.93. The summed E-state index contributed by atoms with van der Waals surface area (Å²) in [7, 11) is 0. The normalized spacial score (nSPS) is 16.5. The average molecular weight is 191 g/mol. The summed E-state index contributed by atoms with van der Waals surface area (Å²) in [5.41, 5.74) is 2.54. The molecule has 1 heterocycles. The van der Waals surface area contributed by atoms with E-state index in [9.17, 15) is 0 Å². The maximum atomic E-state index is 3.42. The molecule has 1 aliphatic rings. The van der Waals surface area contributed by atoms with Gasteiger partial charge in [0.1, 0.15) is 0 Å². The van der Waals surface area contributed by atoms with Gasteiger partial charge in [0.25, 0.3) is 0 Å². The minimum absolute atomic E-state index is 1.18. The van der Waals surface area contributed by atoms with Gasteiger partial charge in [-0.2, -0.15) is 0 Å². The number of thioether (sulfide) groups is 1. The highest BCUT2D eigenvalue weighted by atomic mass is 32.2. The van der Waals surface area contributed by atoms with Crippen molar-refractivity contribution >= 4 is 17.4 Å². The molecule has 0 saturated heterocycles. The minimum Gasteiger partial charge on any atom is -0.358 e. The molecule has 1 aromatic rings. The largest absolute Gasteiger partial charge is 0.358 e. The first-order chi connectivity index (χ1) is 6.45. The van der Waals surface area contributed by atoms with Gasteiger partial charge in [-0.25, -0.2) is 0 Å². The Kier molecular flexibility index (Phi) is 2.93. The van der Waals surface area contributed by atoms with E-state index in [1.807, 2.05) is 17.8 Å². The molecule has 0 aliphatic carbocycles. The molecule has 1 aromatic carbocycles. The molecule has 1 N–H and O–H groups in total. The molecule has 0 saturated carbocycles. The molecule has 0 amide bonds. The Hall–Kier alpha value is -0.890.